The first kappa shape index (κ1) is 20.6. The third-order valence-electron chi connectivity index (χ3n) is 6.13. The fraction of sp³-hybridized carbons (Fsp3) is 0.478. The van der Waals surface area contributed by atoms with Crippen LogP contribution in [0, 0.1) is 6.92 Å². The van der Waals surface area contributed by atoms with Gasteiger partial charge >= 0.3 is 0 Å². The standard InChI is InChI=1S/C23H30N4O3/c1-19-5-2-3-6-20(19)17-24-8-12-26(13-9-24)22(28)18-25-10-14-27(15-11-25)23(29)21-7-4-16-30-21/h2-7,16H,8-15,17-18H2,1H3. The topological polar surface area (TPSA) is 60.2 Å². The molecule has 2 amide bonds. The minimum atomic E-state index is -0.0734. The Kier molecular flexibility index (Phi) is 6.50. The molecule has 2 saturated heterocycles. The van der Waals surface area contributed by atoms with Gasteiger partial charge in [0.15, 0.2) is 5.76 Å². The molecule has 1 aromatic heterocycles. The lowest BCUT2D eigenvalue weighted by Crippen LogP contribution is -2.54. The maximum Gasteiger partial charge on any atom is 0.289 e. The van der Waals surface area contributed by atoms with Crippen LogP contribution in [0.5, 0.6) is 0 Å². The van der Waals surface area contributed by atoms with Crippen molar-refractivity contribution in [1.29, 1.82) is 0 Å². The van der Waals surface area contributed by atoms with E-state index in [2.05, 4.69) is 41.0 Å². The monoisotopic (exact) mass is 410 g/mol. The molecule has 0 saturated carbocycles. The highest BCUT2D eigenvalue weighted by molar-refractivity contribution is 5.91. The number of aryl methyl sites for hydroxylation is 1. The second-order valence-corrected chi connectivity index (χ2v) is 8.13. The van der Waals surface area contributed by atoms with E-state index in [-0.39, 0.29) is 11.8 Å². The van der Waals surface area contributed by atoms with Gasteiger partial charge in [-0.2, -0.15) is 0 Å². The van der Waals surface area contributed by atoms with Crippen molar-refractivity contribution < 1.29 is 14.0 Å². The molecule has 4 rings (SSSR count). The van der Waals surface area contributed by atoms with Gasteiger partial charge in [0.1, 0.15) is 0 Å². The average molecular weight is 411 g/mol. The lowest BCUT2D eigenvalue weighted by molar-refractivity contribution is -0.134. The summed E-state index contributed by atoms with van der Waals surface area (Å²) in [6.07, 6.45) is 1.52. The van der Waals surface area contributed by atoms with Crippen LogP contribution in [0.3, 0.4) is 0 Å². The van der Waals surface area contributed by atoms with Crippen molar-refractivity contribution in [2.75, 3.05) is 58.9 Å². The van der Waals surface area contributed by atoms with E-state index < -0.39 is 0 Å². The van der Waals surface area contributed by atoms with E-state index in [1.807, 2.05) is 4.90 Å². The zero-order chi connectivity index (χ0) is 20.9. The smallest absolute Gasteiger partial charge is 0.289 e. The van der Waals surface area contributed by atoms with Gasteiger partial charge in [-0.05, 0) is 30.2 Å². The number of piperazine rings is 2. The van der Waals surface area contributed by atoms with Crippen molar-refractivity contribution in [2.24, 2.45) is 0 Å². The first-order chi connectivity index (χ1) is 14.6. The molecule has 1 aromatic carbocycles. The molecular formula is C23H30N4O3. The molecule has 3 heterocycles. The highest BCUT2D eigenvalue weighted by Gasteiger charge is 2.27. The summed E-state index contributed by atoms with van der Waals surface area (Å²) in [6.45, 7) is 9.57. The van der Waals surface area contributed by atoms with Crippen molar-refractivity contribution in [3.63, 3.8) is 0 Å². The summed E-state index contributed by atoms with van der Waals surface area (Å²) in [6, 6.07) is 11.9. The summed E-state index contributed by atoms with van der Waals surface area (Å²) >= 11 is 0. The first-order valence-electron chi connectivity index (χ1n) is 10.7. The minimum Gasteiger partial charge on any atom is -0.459 e. The molecule has 0 N–H and O–H groups in total. The van der Waals surface area contributed by atoms with Gasteiger partial charge in [0.25, 0.3) is 5.91 Å². The van der Waals surface area contributed by atoms with Crippen molar-refractivity contribution in [2.45, 2.75) is 13.5 Å². The van der Waals surface area contributed by atoms with Gasteiger partial charge in [-0.25, -0.2) is 0 Å². The van der Waals surface area contributed by atoms with Gasteiger partial charge < -0.3 is 14.2 Å². The molecule has 7 nitrogen and oxygen atoms in total. The van der Waals surface area contributed by atoms with Gasteiger partial charge in [0.05, 0.1) is 12.8 Å². The van der Waals surface area contributed by atoms with Crippen LogP contribution >= 0.6 is 0 Å². The number of hydrogen-bond donors (Lipinski definition) is 0. The van der Waals surface area contributed by atoms with Crippen LogP contribution in [0.2, 0.25) is 0 Å². The van der Waals surface area contributed by atoms with Crippen LogP contribution < -0.4 is 0 Å². The molecule has 0 unspecified atom stereocenters. The van der Waals surface area contributed by atoms with Crippen molar-refractivity contribution in [3.8, 4) is 0 Å². The molecule has 0 radical (unpaired) electrons. The summed E-state index contributed by atoms with van der Waals surface area (Å²) in [5, 5.41) is 0. The molecule has 0 spiro atoms. The molecule has 160 valence electrons. The van der Waals surface area contributed by atoms with Crippen LogP contribution in [0.1, 0.15) is 21.7 Å². The Morgan fingerprint density at radius 2 is 1.50 bits per heavy atom. The highest BCUT2D eigenvalue weighted by Crippen LogP contribution is 2.13. The third-order valence-corrected chi connectivity index (χ3v) is 6.13. The summed E-state index contributed by atoms with van der Waals surface area (Å²) in [5.74, 6) is 0.496. The fourth-order valence-corrected chi connectivity index (χ4v) is 4.14. The molecule has 0 bridgehead atoms. The minimum absolute atomic E-state index is 0.0734. The molecule has 2 aliphatic rings. The van der Waals surface area contributed by atoms with Gasteiger partial charge in [0, 0.05) is 58.9 Å². The average Bonchev–Trinajstić information content (AvgIpc) is 3.31. The predicted octanol–water partition coefficient (Wildman–Crippen LogP) is 1.69. The number of hydrogen-bond acceptors (Lipinski definition) is 5. The molecule has 2 aliphatic heterocycles. The Morgan fingerprint density at radius 3 is 2.17 bits per heavy atom. The third kappa shape index (κ3) is 4.91. The van der Waals surface area contributed by atoms with E-state index in [0.717, 1.165) is 32.7 Å². The van der Waals surface area contributed by atoms with Gasteiger partial charge in [0.2, 0.25) is 5.91 Å². The zero-order valence-electron chi connectivity index (χ0n) is 17.6. The number of carbonyl (C=O) groups excluding carboxylic acids is 2. The van der Waals surface area contributed by atoms with Gasteiger partial charge in [-0.1, -0.05) is 24.3 Å². The number of carbonyl (C=O) groups is 2. The Bertz CT molecular complexity index is 851. The summed E-state index contributed by atoms with van der Waals surface area (Å²) in [5.41, 5.74) is 2.68. The number of benzene rings is 1. The molecular weight excluding hydrogens is 380 g/mol. The van der Waals surface area contributed by atoms with Crippen LogP contribution in [0.15, 0.2) is 47.1 Å². The molecule has 0 atom stereocenters. The lowest BCUT2D eigenvalue weighted by atomic mass is 10.1. The lowest BCUT2D eigenvalue weighted by Gasteiger charge is -2.38. The number of nitrogens with zero attached hydrogens (tertiary/aromatic N) is 4. The van der Waals surface area contributed by atoms with E-state index in [0.29, 0.717) is 38.5 Å². The van der Waals surface area contributed by atoms with Gasteiger partial charge in [-0.3, -0.25) is 19.4 Å². The van der Waals surface area contributed by atoms with E-state index in [1.165, 1.54) is 17.4 Å². The Hall–Kier alpha value is -2.64. The van der Waals surface area contributed by atoms with Crippen LogP contribution in [-0.2, 0) is 11.3 Å². The Balaban J connectivity index is 1.19. The molecule has 0 aliphatic carbocycles. The maximum absolute atomic E-state index is 12.8. The maximum atomic E-state index is 12.8. The largest absolute Gasteiger partial charge is 0.459 e. The first-order valence-corrected chi connectivity index (χ1v) is 10.7. The van der Waals surface area contributed by atoms with Crippen LogP contribution in [0.4, 0.5) is 0 Å². The van der Waals surface area contributed by atoms with E-state index in [4.69, 9.17) is 4.42 Å². The highest BCUT2D eigenvalue weighted by atomic mass is 16.3. The fourth-order valence-electron chi connectivity index (χ4n) is 4.14. The van der Waals surface area contributed by atoms with E-state index in [9.17, 15) is 9.59 Å². The summed E-state index contributed by atoms with van der Waals surface area (Å²) in [7, 11) is 0. The zero-order valence-corrected chi connectivity index (χ0v) is 17.6. The molecule has 7 heteroatoms. The summed E-state index contributed by atoms with van der Waals surface area (Å²) in [4.78, 5) is 33.5. The Morgan fingerprint density at radius 1 is 0.833 bits per heavy atom. The number of furan rings is 1. The summed E-state index contributed by atoms with van der Waals surface area (Å²) < 4.78 is 5.20. The van der Waals surface area contributed by atoms with E-state index in [1.54, 1.807) is 17.0 Å². The SMILES string of the molecule is Cc1ccccc1CN1CCN(C(=O)CN2CCN(C(=O)c3ccco3)CC2)CC1. The normalized spacial score (nSPS) is 18.6. The predicted molar refractivity (Wildman–Crippen MR) is 114 cm³/mol. The van der Waals surface area contributed by atoms with Crippen molar-refractivity contribution in [1.82, 2.24) is 19.6 Å². The number of amides is 2. The van der Waals surface area contributed by atoms with Crippen molar-refractivity contribution in [3.05, 3.63) is 59.5 Å². The number of rotatable bonds is 5. The molecule has 30 heavy (non-hydrogen) atoms. The molecule has 2 fully saturated rings. The van der Waals surface area contributed by atoms with E-state index >= 15 is 0 Å². The van der Waals surface area contributed by atoms with Crippen molar-refractivity contribution >= 4 is 11.8 Å². The van der Waals surface area contributed by atoms with Crippen LogP contribution in [-0.4, -0.2) is 90.3 Å². The molecule has 2 aromatic rings. The Labute approximate surface area is 177 Å². The van der Waals surface area contributed by atoms with Crippen LogP contribution in [0.25, 0.3) is 0 Å². The second kappa shape index (κ2) is 9.45. The second-order valence-electron chi connectivity index (χ2n) is 8.13. The quantitative estimate of drug-likeness (QED) is 0.751. The van der Waals surface area contributed by atoms with Gasteiger partial charge in [-0.15, -0.1) is 0 Å².